The van der Waals surface area contributed by atoms with Crippen LogP contribution < -0.4 is 5.48 Å². The highest BCUT2D eigenvalue weighted by Crippen LogP contribution is 2.03. The summed E-state index contributed by atoms with van der Waals surface area (Å²) in [5.41, 5.74) is 2.76. The summed E-state index contributed by atoms with van der Waals surface area (Å²) in [6.45, 7) is 4.86. The molecule has 9 heavy (non-hydrogen) atoms. The molecule has 0 bridgehead atoms. The highest BCUT2D eigenvalue weighted by Gasteiger charge is 2.14. The molecule has 1 aliphatic rings. The fourth-order valence-electron chi connectivity index (χ4n) is 0.812. The van der Waals surface area contributed by atoms with Crippen LogP contribution in [0.2, 0.25) is 0 Å². The Hall–Kier alpha value is -0.570. The summed E-state index contributed by atoms with van der Waals surface area (Å²) in [6.07, 6.45) is 1.21. The van der Waals surface area contributed by atoms with E-state index in [0.717, 1.165) is 18.8 Å². The molecular weight excluding hydrogens is 116 g/mol. The first-order valence-corrected chi connectivity index (χ1v) is 3.28. The average Bonchev–Trinajstić information content (AvgIpc) is 2.17. The quantitative estimate of drug-likeness (QED) is 0.564. The summed E-state index contributed by atoms with van der Waals surface area (Å²) < 4.78 is 0. The highest BCUT2D eigenvalue weighted by molar-refractivity contribution is 5.82. The minimum Gasteiger partial charge on any atom is -0.272 e. The molecule has 0 spiro atoms. The molecule has 1 heterocycles. The Labute approximate surface area is 55.1 Å². The van der Waals surface area contributed by atoms with E-state index in [-0.39, 0.29) is 6.10 Å². The molecular formula is C6H12N2O. The molecule has 1 aliphatic heterocycles. The lowest BCUT2D eigenvalue weighted by Gasteiger charge is -1.93. The van der Waals surface area contributed by atoms with E-state index < -0.39 is 0 Å². The molecule has 0 aromatic rings. The van der Waals surface area contributed by atoms with Crippen LogP contribution in [0, 0.1) is 0 Å². The molecule has 0 aromatic heterocycles. The van der Waals surface area contributed by atoms with E-state index in [1.54, 1.807) is 0 Å². The van der Waals surface area contributed by atoms with Crippen molar-refractivity contribution in [2.75, 3.05) is 6.54 Å². The molecule has 1 unspecified atom stereocenters. The van der Waals surface area contributed by atoms with E-state index >= 15 is 0 Å². The van der Waals surface area contributed by atoms with Crippen molar-refractivity contribution in [3.8, 4) is 0 Å². The zero-order valence-electron chi connectivity index (χ0n) is 5.85. The van der Waals surface area contributed by atoms with Crippen LogP contribution in [0.5, 0.6) is 0 Å². The number of aliphatic imine (C=N–C) groups is 1. The second-order valence-corrected chi connectivity index (χ2v) is 2.16. The Bertz CT molecular complexity index is 122. The fraction of sp³-hybridized carbons (Fsp3) is 0.833. The highest BCUT2D eigenvalue weighted by atomic mass is 16.7. The molecule has 0 aliphatic carbocycles. The number of hydrogen-bond donors (Lipinski definition) is 1. The number of nitrogens with one attached hydrogen (secondary N) is 1. The Morgan fingerprint density at radius 3 is 3.11 bits per heavy atom. The number of amidine groups is 1. The van der Waals surface area contributed by atoms with Crippen LogP contribution in [0.1, 0.15) is 20.3 Å². The lowest BCUT2D eigenvalue weighted by atomic mass is 10.3. The second-order valence-electron chi connectivity index (χ2n) is 2.16. The average molecular weight is 128 g/mol. The van der Waals surface area contributed by atoms with E-state index in [1.165, 1.54) is 0 Å². The van der Waals surface area contributed by atoms with Gasteiger partial charge in [0.2, 0.25) is 0 Å². The van der Waals surface area contributed by atoms with Crippen LogP contribution >= 0.6 is 0 Å². The van der Waals surface area contributed by atoms with Crippen molar-refractivity contribution in [1.29, 1.82) is 0 Å². The molecule has 0 aromatic carbocycles. The van der Waals surface area contributed by atoms with E-state index in [1.807, 2.05) is 13.8 Å². The first kappa shape index (κ1) is 6.55. The molecule has 1 N–H and O–H groups in total. The van der Waals surface area contributed by atoms with Crippen LogP contribution in [-0.2, 0) is 4.84 Å². The van der Waals surface area contributed by atoms with Gasteiger partial charge in [0.15, 0.2) is 0 Å². The minimum atomic E-state index is 0.287. The van der Waals surface area contributed by atoms with E-state index in [0.29, 0.717) is 0 Å². The molecule has 0 radical (unpaired) electrons. The van der Waals surface area contributed by atoms with Gasteiger partial charge in [0.05, 0.1) is 6.10 Å². The summed E-state index contributed by atoms with van der Waals surface area (Å²) in [4.78, 5) is 9.19. The summed E-state index contributed by atoms with van der Waals surface area (Å²) in [7, 11) is 0. The van der Waals surface area contributed by atoms with Crippen LogP contribution in [-0.4, -0.2) is 18.5 Å². The Balaban J connectivity index is 2.38. The monoisotopic (exact) mass is 128 g/mol. The van der Waals surface area contributed by atoms with Crippen molar-refractivity contribution in [1.82, 2.24) is 5.48 Å². The van der Waals surface area contributed by atoms with Crippen LogP contribution in [0.25, 0.3) is 0 Å². The Kier molecular flexibility index (Phi) is 2.05. The van der Waals surface area contributed by atoms with Crippen molar-refractivity contribution in [3.05, 3.63) is 0 Å². The van der Waals surface area contributed by atoms with E-state index in [9.17, 15) is 0 Å². The van der Waals surface area contributed by atoms with Crippen molar-refractivity contribution in [2.24, 2.45) is 4.99 Å². The molecule has 3 nitrogen and oxygen atoms in total. The predicted molar refractivity (Wildman–Crippen MR) is 36.3 cm³/mol. The molecule has 0 amide bonds. The summed E-state index contributed by atoms with van der Waals surface area (Å²) in [5, 5.41) is 0. The van der Waals surface area contributed by atoms with E-state index in [2.05, 4.69) is 10.5 Å². The van der Waals surface area contributed by atoms with Gasteiger partial charge in [0, 0.05) is 13.0 Å². The summed E-state index contributed by atoms with van der Waals surface area (Å²) in [6, 6.07) is 0. The summed E-state index contributed by atoms with van der Waals surface area (Å²) >= 11 is 0. The Morgan fingerprint density at radius 2 is 2.67 bits per heavy atom. The zero-order chi connectivity index (χ0) is 6.69. The number of hydroxylamine groups is 1. The van der Waals surface area contributed by atoms with Crippen molar-refractivity contribution < 1.29 is 4.84 Å². The van der Waals surface area contributed by atoms with Crippen molar-refractivity contribution in [2.45, 2.75) is 26.4 Å². The Morgan fingerprint density at radius 1 is 1.89 bits per heavy atom. The van der Waals surface area contributed by atoms with Gasteiger partial charge in [-0.2, -0.15) is 0 Å². The molecule has 1 rings (SSSR count). The van der Waals surface area contributed by atoms with Crippen LogP contribution in [0.15, 0.2) is 4.99 Å². The van der Waals surface area contributed by atoms with Gasteiger partial charge in [-0.3, -0.25) is 15.3 Å². The van der Waals surface area contributed by atoms with Gasteiger partial charge in [0.25, 0.3) is 0 Å². The molecule has 1 fully saturated rings. The van der Waals surface area contributed by atoms with Gasteiger partial charge in [-0.25, -0.2) is 0 Å². The second kappa shape index (κ2) is 2.82. The lowest BCUT2D eigenvalue weighted by molar-refractivity contribution is 0.0574. The smallest absolute Gasteiger partial charge is 0.123 e. The fourth-order valence-corrected chi connectivity index (χ4v) is 0.812. The number of rotatable bonds is 1. The maximum atomic E-state index is 5.04. The van der Waals surface area contributed by atoms with Gasteiger partial charge < -0.3 is 0 Å². The largest absolute Gasteiger partial charge is 0.272 e. The molecule has 3 heteroatoms. The van der Waals surface area contributed by atoms with Crippen molar-refractivity contribution in [3.63, 3.8) is 0 Å². The SMILES string of the molecule is CCN=C1CC(C)ON1. The first-order chi connectivity index (χ1) is 4.33. The third-order valence-corrected chi connectivity index (χ3v) is 1.21. The van der Waals surface area contributed by atoms with Gasteiger partial charge in [0.1, 0.15) is 5.84 Å². The number of nitrogens with zero attached hydrogens (tertiary/aromatic N) is 1. The van der Waals surface area contributed by atoms with Gasteiger partial charge in [-0.05, 0) is 13.8 Å². The maximum Gasteiger partial charge on any atom is 0.123 e. The van der Waals surface area contributed by atoms with Gasteiger partial charge in [-0.1, -0.05) is 0 Å². The van der Waals surface area contributed by atoms with E-state index in [4.69, 9.17) is 4.84 Å². The topological polar surface area (TPSA) is 33.6 Å². The number of hydrogen-bond acceptors (Lipinski definition) is 2. The third-order valence-electron chi connectivity index (χ3n) is 1.21. The molecule has 0 saturated carbocycles. The normalized spacial score (nSPS) is 30.9. The third kappa shape index (κ3) is 1.68. The maximum absolute atomic E-state index is 5.04. The van der Waals surface area contributed by atoms with Crippen LogP contribution in [0.3, 0.4) is 0 Å². The van der Waals surface area contributed by atoms with Gasteiger partial charge in [-0.15, -0.1) is 0 Å². The molecule has 1 saturated heterocycles. The molecule has 52 valence electrons. The minimum absolute atomic E-state index is 0.287. The van der Waals surface area contributed by atoms with Crippen molar-refractivity contribution >= 4 is 5.84 Å². The summed E-state index contributed by atoms with van der Waals surface area (Å²) in [5.74, 6) is 0.977. The molecule has 1 atom stereocenters. The lowest BCUT2D eigenvalue weighted by Crippen LogP contribution is -2.12. The standard InChI is InChI=1S/C6H12N2O/c1-3-7-6-4-5(2)9-8-6/h5H,3-4H2,1-2H3,(H,7,8). The predicted octanol–water partition coefficient (Wildman–Crippen LogP) is 0.718. The zero-order valence-corrected chi connectivity index (χ0v) is 5.85. The van der Waals surface area contributed by atoms with Gasteiger partial charge >= 0.3 is 0 Å². The first-order valence-electron chi connectivity index (χ1n) is 3.28. The van der Waals surface area contributed by atoms with Crippen LogP contribution in [0.4, 0.5) is 0 Å².